The Balaban J connectivity index is 1.60. The first-order valence-electron chi connectivity index (χ1n) is 11.7. The van der Waals surface area contributed by atoms with Crippen molar-refractivity contribution in [1.29, 1.82) is 0 Å². The Bertz CT molecular complexity index is 819. The molecule has 2 amide bonds. The number of Topliss-reactive ketones (excluding diaryl/α,β-unsaturated/α-hetero) is 2. The topological polar surface area (TPSA) is 169 Å². The number of imide groups is 1. The molecule has 1 heterocycles. The minimum atomic E-state index is -1.27. The number of esters is 1. The molecule has 2 N–H and O–H groups in total. The van der Waals surface area contributed by atoms with Crippen LogP contribution in [0.25, 0.3) is 0 Å². The molecule has 2 aliphatic rings. The normalized spacial score (nSPS) is 18.8. The van der Waals surface area contributed by atoms with Crippen LogP contribution in [0.3, 0.4) is 0 Å². The fourth-order valence-electron chi connectivity index (χ4n) is 3.41. The first kappa shape index (κ1) is 28.5. The molecule has 0 aromatic heterocycles. The molecule has 0 spiro atoms. The van der Waals surface area contributed by atoms with Gasteiger partial charge in [-0.3, -0.25) is 24.0 Å². The van der Waals surface area contributed by atoms with Gasteiger partial charge in [-0.2, -0.15) is 0 Å². The predicted octanol–water partition coefficient (Wildman–Crippen LogP) is 0.875. The summed E-state index contributed by atoms with van der Waals surface area (Å²) in [7, 11) is 0. The van der Waals surface area contributed by atoms with Gasteiger partial charge in [-0.25, -0.2) is 4.79 Å². The summed E-state index contributed by atoms with van der Waals surface area (Å²) in [6.07, 6.45) is -0.126. The van der Waals surface area contributed by atoms with E-state index < -0.39 is 41.2 Å². The molecule has 0 aromatic rings. The maximum absolute atomic E-state index is 12.0. The Kier molecular flexibility index (Phi) is 10.0. The second-order valence-corrected chi connectivity index (χ2v) is 9.47. The monoisotopic (exact) mass is 498 g/mol. The molecule has 1 saturated heterocycles. The number of ether oxygens (including phenoxy) is 3. The van der Waals surface area contributed by atoms with Gasteiger partial charge < -0.3 is 24.8 Å². The Morgan fingerprint density at radius 3 is 2.06 bits per heavy atom. The number of rotatable bonds is 14. The number of hydrogen-bond acceptors (Lipinski definition) is 11. The van der Waals surface area contributed by atoms with E-state index >= 15 is 0 Å². The molecule has 1 saturated carbocycles. The van der Waals surface area contributed by atoms with Crippen molar-refractivity contribution in [2.45, 2.75) is 96.0 Å². The molecular weight excluding hydrogens is 464 g/mol. The third-order valence-electron chi connectivity index (χ3n) is 5.63. The third kappa shape index (κ3) is 9.46. The Morgan fingerprint density at radius 1 is 0.857 bits per heavy atom. The summed E-state index contributed by atoms with van der Waals surface area (Å²) in [6, 6.07) is 0. The minimum absolute atomic E-state index is 0.0125. The van der Waals surface area contributed by atoms with Gasteiger partial charge in [0.25, 0.3) is 11.8 Å². The number of hydroxylamine groups is 2. The zero-order chi connectivity index (χ0) is 26.2. The van der Waals surface area contributed by atoms with Crippen LogP contribution in [0.4, 0.5) is 0 Å². The van der Waals surface area contributed by atoms with Crippen LogP contribution in [0.5, 0.6) is 0 Å². The highest BCUT2D eigenvalue weighted by Gasteiger charge is 2.36. The van der Waals surface area contributed by atoms with Gasteiger partial charge >= 0.3 is 11.9 Å². The van der Waals surface area contributed by atoms with Crippen LogP contribution < -0.4 is 5.73 Å². The average Bonchev–Trinajstić information content (AvgIpc) is 3.25. The molecule has 1 atom stereocenters. The molecule has 0 bridgehead atoms. The van der Waals surface area contributed by atoms with Crippen molar-refractivity contribution in [2.24, 2.45) is 5.73 Å². The van der Waals surface area contributed by atoms with E-state index in [1.54, 1.807) is 20.8 Å². The van der Waals surface area contributed by atoms with E-state index in [2.05, 4.69) is 0 Å². The highest BCUT2D eigenvalue weighted by Crippen LogP contribution is 2.21. The zero-order valence-electron chi connectivity index (χ0n) is 20.5. The summed E-state index contributed by atoms with van der Waals surface area (Å²) in [5.41, 5.74) is 4.38. The molecule has 1 aliphatic carbocycles. The quantitative estimate of drug-likeness (QED) is 0.119. The third-order valence-corrected chi connectivity index (χ3v) is 5.63. The van der Waals surface area contributed by atoms with Crippen molar-refractivity contribution in [3.05, 3.63) is 0 Å². The lowest BCUT2D eigenvalue weighted by Gasteiger charge is -2.29. The largest absolute Gasteiger partial charge is 0.446 e. The second-order valence-electron chi connectivity index (χ2n) is 9.47. The maximum atomic E-state index is 12.0. The first-order valence-corrected chi connectivity index (χ1v) is 11.7. The molecule has 1 aliphatic heterocycles. The lowest BCUT2D eigenvalue weighted by Crippen LogP contribution is -2.42. The van der Waals surface area contributed by atoms with E-state index in [1.165, 1.54) is 0 Å². The van der Waals surface area contributed by atoms with E-state index in [0.29, 0.717) is 17.9 Å². The molecule has 12 heteroatoms. The fraction of sp³-hybridized carbons (Fsp3) is 0.739. The molecular formula is C23H34N2O10. The molecule has 0 aromatic carbocycles. The lowest BCUT2D eigenvalue weighted by atomic mass is 10.0. The molecule has 0 radical (unpaired) electrons. The van der Waals surface area contributed by atoms with Crippen molar-refractivity contribution in [3.8, 4) is 0 Å². The molecule has 35 heavy (non-hydrogen) atoms. The Hall–Kier alpha value is -2.70. The summed E-state index contributed by atoms with van der Waals surface area (Å²) in [4.78, 5) is 74.7. The van der Waals surface area contributed by atoms with E-state index in [4.69, 9.17) is 24.8 Å². The molecule has 12 nitrogen and oxygen atoms in total. The number of nitrogens with two attached hydrogens (primary N) is 1. The summed E-state index contributed by atoms with van der Waals surface area (Å²) < 4.78 is 16.4. The highest BCUT2D eigenvalue weighted by atomic mass is 16.7. The van der Waals surface area contributed by atoms with Crippen LogP contribution in [0.2, 0.25) is 0 Å². The standard InChI is InChI=1S/C23H34N2O10/c1-22(2,11-10-20(31)35-25-17(28)8-9-18(25)29)32-14-12-23(3,24)33-13-4-5-19(30)34-21-15(26)6-7-16(21)27/h21H,4-14,24H2,1-3H3. The summed E-state index contributed by atoms with van der Waals surface area (Å²) in [6.45, 7) is 5.63. The lowest BCUT2D eigenvalue weighted by molar-refractivity contribution is -0.198. The van der Waals surface area contributed by atoms with E-state index in [9.17, 15) is 28.8 Å². The fourth-order valence-corrected chi connectivity index (χ4v) is 3.41. The van der Waals surface area contributed by atoms with Crippen LogP contribution in [0, 0.1) is 0 Å². The minimum Gasteiger partial charge on any atom is -0.446 e. The Labute approximate surface area is 203 Å². The summed E-state index contributed by atoms with van der Waals surface area (Å²) in [5, 5.41) is 0.515. The first-order chi connectivity index (χ1) is 16.3. The van der Waals surface area contributed by atoms with Crippen molar-refractivity contribution in [1.82, 2.24) is 5.06 Å². The van der Waals surface area contributed by atoms with E-state index in [1.807, 2.05) is 0 Å². The second kappa shape index (κ2) is 12.3. The number of amides is 2. The number of nitrogens with zero attached hydrogens (tertiary/aromatic N) is 1. The smallest absolute Gasteiger partial charge is 0.333 e. The number of hydrogen-bond donors (Lipinski definition) is 1. The van der Waals surface area contributed by atoms with Crippen LogP contribution in [-0.4, -0.2) is 71.0 Å². The number of carbonyl (C=O) groups is 6. The van der Waals surface area contributed by atoms with Gasteiger partial charge in [0.1, 0.15) is 5.72 Å². The Morgan fingerprint density at radius 2 is 1.46 bits per heavy atom. The van der Waals surface area contributed by atoms with Gasteiger partial charge in [0, 0.05) is 45.1 Å². The zero-order valence-corrected chi connectivity index (χ0v) is 20.5. The predicted molar refractivity (Wildman–Crippen MR) is 118 cm³/mol. The van der Waals surface area contributed by atoms with Crippen LogP contribution in [0.1, 0.15) is 78.6 Å². The van der Waals surface area contributed by atoms with Gasteiger partial charge in [0.15, 0.2) is 11.6 Å². The summed E-state index contributed by atoms with van der Waals surface area (Å²) >= 11 is 0. The SMILES string of the molecule is CC(C)(CCC(=O)ON1C(=O)CCC1=O)OCCC(C)(N)OCCCC(=O)OC1C(=O)CCC1=O. The summed E-state index contributed by atoms with van der Waals surface area (Å²) in [5.74, 6) is -3.13. The van der Waals surface area contributed by atoms with Gasteiger partial charge in [0.2, 0.25) is 6.10 Å². The highest BCUT2D eigenvalue weighted by molar-refractivity contribution is 6.12. The number of ketones is 2. The average molecular weight is 499 g/mol. The van der Waals surface area contributed by atoms with Crippen molar-refractivity contribution >= 4 is 35.3 Å². The van der Waals surface area contributed by atoms with Crippen molar-refractivity contribution in [3.63, 3.8) is 0 Å². The van der Waals surface area contributed by atoms with Gasteiger partial charge in [0.05, 0.1) is 18.6 Å². The van der Waals surface area contributed by atoms with Crippen LogP contribution >= 0.6 is 0 Å². The van der Waals surface area contributed by atoms with Crippen molar-refractivity contribution < 1.29 is 47.8 Å². The van der Waals surface area contributed by atoms with Crippen molar-refractivity contribution in [2.75, 3.05) is 13.2 Å². The van der Waals surface area contributed by atoms with Crippen LogP contribution in [-0.2, 0) is 47.8 Å². The van der Waals surface area contributed by atoms with E-state index in [-0.39, 0.29) is 69.7 Å². The maximum Gasteiger partial charge on any atom is 0.333 e. The number of carbonyl (C=O) groups excluding carboxylic acids is 6. The van der Waals surface area contributed by atoms with E-state index in [0.717, 1.165) is 0 Å². The molecule has 2 rings (SSSR count). The molecule has 1 unspecified atom stereocenters. The van der Waals surface area contributed by atoms with Gasteiger partial charge in [-0.1, -0.05) is 0 Å². The molecule has 2 fully saturated rings. The van der Waals surface area contributed by atoms with Crippen LogP contribution in [0.15, 0.2) is 0 Å². The van der Waals surface area contributed by atoms with Gasteiger partial charge in [-0.05, 0) is 33.6 Å². The molecule has 196 valence electrons. The van der Waals surface area contributed by atoms with Gasteiger partial charge in [-0.15, -0.1) is 5.06 Å².